The van der Waals surface area contributed by atoms with E-state index in [1.807, 2.05) is 13.0 Å². The van der Waals surface area contributed by atoms with Crippen LogP contribution in [0.3, 0.4) is 0 Å². The van der Waals surface area contributed by atoms with Gasteiger partial charge in [0.1, 0.15) is 5.75 Å². The van der Waals surface area contributed by atoms with Gasteiger partial charge in [0, 0.05) is 13.1 Å². The second-order valence-electron chi connectivity index (χ2n) is 5.39. The molecule has 0 radical (unpaired) electrons. The number of piperidine rings is 1. The van der Waals surface area contributed by atoms with E-state index < -0.39 is 0 Å². The van der Waals surface area contributed by atoms with Crippen molar-refractivity contribution >= 4 is 5.91 Å². The molecule has 1 heterocycles. The Morgan fingerprint density at radius 1 is 1.37 bits per heavy atom. The van der Waals surface area contributed by atoms with Crippen LogP contribution in [-0.2, 0) is 0 Å². The summed E-state index contributed by atoms with van der Waals surface area (Å²) in [6.07, 6.45) is 1.32. The zero-order chi connectivity index (χ0) is 14.0. The highest BCUT2D eigenvalue weighted by Crippen LogP contribution is 2.25. The first-order valence-corrected chi connectivity index (χ1v) is 6.76. The summed E-state index contributed by atoms with van der Waals surface area (Å²) in [6.45, 7) is 4.96. The van der Waals surface area contributed by atoms with E-state index in [0.717, 1.165) is 18.4 Å². The maximum absolute atomic E-state index is 12.3. The Morgan fingerprint density at radius 2 is 2.00 bits per heavy atom. The van der Waals surface area contributed by atoms with Crippen LogP contribution in [-0.4, -0.2) is 40.2 Å². The number of carbonyl (C=O) groups excluding carboxylic acids is 1. The number of carbonyl (C=O) groups is 1. The number of hydrogen-bond acceptors (Lipinski definition) is 3. The number of benzene rings is 1. The molecule has 0 unspecified atom stereocenters. The van der Waals surface area contributed by atoms with E-state index in [-0.39, 0.29) is 23.7 Å². The summed E-state index contributed by atoms with van der Waals surface area (Å²) < 4.78 is 0. The summed E-state index contributed by atoms with van der Waals surface area (Å²) in [4.78, 5) is 14.1. The molecule has 0 saturated carbocycles. The van der Waals surface area contributed by atoms with E-state index >= 15 is 0 Å². The number of phenols is 1. The van der Waals surface area contributed by atoms with Crippen molar-refractivity contribution in [3.63, 3.8) is 0 Å². The van der Waals surface area contributed by atoms with Gasteiger partial charge in [-0.25, -0.2) is 0 Å². The van der Waals surface area contributed by atoms with Crippen LogP contribution >= 0.6 is 0 Å². The lowest BCUT2D eigenvalue weighted by Gasteiger charge is -2.33. The minimum absolute atomic E-state index is 0.0441. The fourth-order valence-corrected chi connectivity index (χ4v) is 2.58. The van der Waals surface area contributed by atoms with E-state index in [1.165, 1.54) is 0 Å². The fraction of sp³-hybridized carbons (Fsp3) is 0.533. The monoisotopic (exact) mass is 263 g/mol. The third-order valence-electron chi connectivity index (χ3n) is 3.89. The lowest BCUT2D eigenvalue weighted by atomic mass is 9.92. The molecular weight excluding hydrogens is 242 g/mol. The molecule has 1 aromatic carbocycles. The topological polar surface area (TPSA) is 60.8 Å². The average molecular weight is 263 g/mol. The van der Waals surface area contributed by atoms with Gasteiger partial charge >= 0.3 is 0 Å². The predicted molar refractivity (Wildman–Crippen MR) is 73.2 cm³/mol. The van der Waals surface area contributed by atoms with Gasteiger partial charge in [-0.2, -0.15) is 0 Å². The summed E-state index contributed by atoms with van der Waals surface area (Å²) in [5.74, 6) is 0.194. The van der Waals surface area contributed by atoms with Gasteiger partial charge in [-0.1, -0.05) is 6.07 Å². The van der Waals surface area contributed by atoms with Crippen molar-refractivity contribution in [2.75, 3.05) is 13.1 Å². The quantitative estimate of drug-likeness (QED) is 0.857. The van der Waals surface area contributed by atoms with Crippen LogP contribution in [0.2, 0.25) is 0 Å². The molecule has 1 fully saturated rings. The average Bonchev–Trinajstić information content (AvgIpc) is 2.38. The summed E-state index contributed by atoms with van der Waals surface area (Å²) >= 11 is 0. The van der Waals surface area contributed by atoms with Crippen molar-refractivity contribution in [2.45, 2.75) is 32.8 Å². The molecule has 0 aliphatic carbocycles. The van der Waals surface area contributed by atoms with Crippen LogP contribution in [0.1, 0.15) is 35.7 Å². The lowest BCUT2D eigenvalue weighted by molar-refractivity contribution is 0.0519. The van der Waals surface area contributed by atoms with E-state index in [2.05, 4.69) is 0 Å². The first kappa shape index (κ1) is 13.9. The van der Waals surface area contributed by atoms with Crippen LogP contribution in [0.15, 0.2) is 18.2 Å². The number of aryl methyl sites for hydroxylation is 1. The molecule has 1 aliphatic rings. The molecule has 0 aromatic heterocycles. The summed E-state index contributed by atoms with van der Waals surface area (Å²) in [5.41, 5.74) is 1.29. The molecule has 0 bridgehead atoms. The van der Waals surface area contributed by atoms with E-state index in [1.54, 1.807) is 24.0 Å². The lowest BCUT2D eigenvalue weighted by Crippen LogP contribution is -2.40. The van der Waals surface area contributed by atoms with Crippen LogP contribution < -0.4 is 0 Å². The minimum atomic E-state index is -0.315. The predicted octanol–water partition coefficient (Wildman–Crippen LogP) is 1.93. The van der Waals surface area contributed by atoms with Crippen LogP contribution in [0.25, 0.3) is 0 Å². The number of amides is 1. The Morgan fingerprint density at radius 3 is 2.53 bits per heavy atom. The van der Waals surface area contributed by atoms with Crippen LogP contribution in [0.4, 0.5) is 0 Å². The first-order valence-electron chi connectivity index (χ1n) is 6.76. The molecule has 19 heavy (non-hydrogen) atoms. The highest BCUT2D eigenvalue weighted by Gasteiger charge is 2.27. The zero-order valence-corrected chi connectivity index (χ0v) is 11.5. The van der Waals surface area contributed by atoms with Crippen molar-refractivity contribution < 1.29 is 15.0 Å². The molecule has 1 saturated heterocycles. The summed E-state index contributed by atoms with van der Waals surface area (Å²) in [6, 6.07) is 5.11. The fourth-order valence-electron chi connectivity index (χ4n) is 2.58. The molecular formula is C15H21NO3. The molecule has 1 atom stereocenters. The van der Waals surface area contributed by atoms with Gasteiger partial charge in [-0.05, 0) is 50.3 Å². The van der Waals surface area contributed by atoms with Crippen molar-refractivity contribution in [1.29, 1.82) is 0 Å². The molecule has 104 valence electrons. The van der Waals surface area contributed by atoms with Gasteiger partial charge in [0.15, 0.2) is 0 Å². The smallest absolute Gasteiger partial charge is 0.257 e. The third-order valence-corrected chi connectivity index (χ3v) is 3.89. The molecule has 1 amide bonds. The third kappa shape index (κ3) is 3.07. The number of phenolic OH excluding ortho intramolecular Hbond substituents is 1. The summed E-state index contributed by atoms with van der Waals surface area (Å²) in [7, 11) is 0. The molecule has 2 rings (SSSR count). The number of aliphatic hydroxyl groups is 1. The molecule has 2 N–H and O–H groups in total. The Kier molecular flexibility index (Phi) is 4.10. The van der Waals surface area contributed by atoms with Gasteiger partial charge in [0.25, 0.3) is 5.91 Å². The molecule has 4 nitrogen and oxygen atoms in total. The van der Waals surface area contributed by atoms with Crippen molar-refractivity contribution in [3.05, 3.63) is 29.3 Å². The second-order valence-corrected chi connectivity index (χ2v) is 5.39. The number of aromatic hydroxyl groups is 1. The Hall–Kier alpha value is -1.55. The molecule has 1 aliphatic heterocycles. The number of rotatable bonds is 2. The second kappa shape index (κ2) is 5.61. The SMILES string of the molecule is Cc1ccc(C(=O)N2CCC([C@H](C)O)CC2)c(O)c1. The minimum Gasteiger partial charge on any atom is -0.507 e. The normalized spacial score (nSPS) is 18.4. The maximum Gasteiger partial charge on any atom is 0.257 e. The van der Waals surface area contributed by atoms with Crippen molar-refractivity contribution in [3.8, 4) is 5.75 Å². The number of hydrogen-bond donors (Lipinski definition) is 2. The van der Waals surface area contributed by atoms with Crippen LogP contribution in [0, 0.1) is 12.8 Å². The van der Waals surface area contributed by atoms with Crippen molar-refractivity contribution in [2.24, 2.45) is 5.92 Å². The highest BCUT2D eigenvalue weighted by atomic mass is 16.3. The zero-order valence-electron chi connectivity index (χ0n) is 11.5. The Balaban J connectivity index is 2.05. The van der Waals surface area contributed by atoms with E-state index in [4.69, 9.17) is 0 Å². The van der Waals surface area contributed by atoms with Crippen molar-refractivity contribution in [1.82, 2.24) is 4.90 Å². The maximum atomic E-state index is 12.3. The van der Waals surface area contributed by atoms with Gasteiger partial charge in [-0.15, -0.1) is 0 Å². The number of nitrogens with zero attached hydrogens (tertiary/aromatic N) is 1. The standard InChI is InChI=1S/C15H21NO3/c1-10-3-4-13(14(18)9-10)15(19)16-7-5-12(6-8-16)11(2)17/h3-4,9,11-12,17-18H,5-8H2,1-2H3/t11-/m0/s1. The summed E-state index contributed by atoms with van der Waals surface area (Å²) in [5, 5.41) is 19.4. The van der Waals surface area contributed by atoms with E-state index in [0.29, 0.717) is 18.7 Å². The molecule has 1 aromatic rings. The largest absolute Gasteiger partial charge is 0.507 e. The highest BCUT2D eigenvalue weighted by molar-refractivity contribution is 5.96. The molecule has 0 spiro atoms. The first-order chi connectivity index (χ1) is 8.99. The van der Waals surface area contributed by atoms with Gasteiger partial charge in [0.05, 0.1) is 11.7 Å². The number of likely N-dealkylation sites (tertiary alicyclic amines) is 1. The van der Waals surface area contributed by atoms with Gasteiger partial charge in [0.2, 0.25) is 0 Å². The molecule has 4 heteroatoms. The van der Waals surface area contributed by atoms with Gasteiger partial charge in [-0.3, -0.25) is 4.79 Å². The number of aliphatic hydroxyl groups excluding tert-OH is 1. The van der Waals surface area contributed by atoms with E-state index in [9.17, 15) is 15.0 Å². The Labute approximate surface area is 113 Å². The van der Waals surface area contributed by atoms with Gasteiger partial charge < -0.3 is 15.1 Å². The Bertz CT molecular complexity index is 462. The van der Waals surface area contributed by atoms with Crippen LogP contribution in [0.5, 0.6) is 5.75 Å².